The van der Waals surface area contributed by atoms with Crippen molar-refractivity contribution < 1.29 is 4.74 Å². The molecule has 0 unspecified atom stereocenters. The summed E-state index contributed by atoms with van der Waals surface area (Å²) >= 11 is 0. The van der Waals surface area contributed by atoms with Gasteiger partial charge in [-0.3, -0.25) is 0 Å². The summed E-state index contributed by atoms with van der Waals surface area (Å²) in [5, 5.41) is 2.52. The largest absolute Gasteiger partial charge is 0.372 e. The van der Waals surface area contributed by atoms with Crippen molar-refractivity contribution >= 4 is 10.8 Å². The quantitative estimate of drug-likeness (QED) is 0.730. The van der Waals surface area contributed by atoms with Gasteiger partial charge >= 0.3 is 0 Å². The van der Waals surface area contributed by atoms with Crippen molar-refractivity contribution in [1.29, 1.82) is 0 Å². The number of hydrogen-bond donors (Lipinski definition) is 1. The van der Waals surface area contributed by atoms with Crippen molar-refractivity contribution in [2.75, 3.05) is 0 Å². The second-order valence-electron chi connectivity index (χ2n) is 4.40. The maximum Gasteiger partial charge on any atom is 0.0744 e. The van der Waals surface area contributed by atoms with Crippen LogP contribution < -0.4 is 5.73 Å². The summed E-state index contributed by atoms with van der Waals surface area (Å²) in [6.45, 7) is 2.71. The molecule has 2 heteroatoms. The molecule has 16 heavy (non-hydrogen) atoms. The topological polar surface area (TPSA) is 35.2 Å². The highest BCUT2D eigenvalue weighted by Gasteiger charge is 2.25. The maximum absolute atomic E-state index is 6.23. The van der Waals surface area contributed by atoms with Gasteiger partial charge in [0.1, 0.15) is 0 Å². The van der Waals surface area contributed by atoms with E-state index >= 15 is 0 Å². The van der Waals surface area contributed by atoms with Crippen LogP contribution in [0.2, 0.25) is 0 Å². The Kier molecular flexibility index (Phi) is 2.20. The van der Waals surface area contributed by atoms with Gasteiger partial charge in [-0.1, -0.05) is 36.4 Å². The molecule has 2 N–H and O–H groups in total. The van der Waals surface area contributed by atoms with Crippen LogP contribution >= 0.6 is 0 Å². The molecule has 0 aromatic heterocycles. The molecule has 0 saturated carbocycles. The average molecular weight is 213 g/mol. The summed E-state index contributed by atoms with van der Waals surface area (Å²) < 4.78 is 5.64. The molecule has 2 atom stereocenters. The zero-order valence-electron chi connectivity index (χ0n) is 9.31. The molecule has 1 aliphatic rings. The summed E-state index contributed by atoms with van der Waals surface area (Å²) in [4.78, 5) is 0. The summed E-state index contributed by atoms with van der Waals surface area (Å²) in [6, 6.07) is 12.6. The van der Waals surface area contributed by atoms with E-state index < -0.39 is 0 Å². The minimum Gasteiger partial charge on any atom is -0.372 e. The van der Waals surface area contributed by atoms with Crippen molar-refractivity contribution in [3.63, 3.8) is 0 Å². The third-order valence-electron chi connectivity index (χ3n) is 3.40. The highest BCUT2D eigenvalue weighted by molar-refractivity contribution is 5.87. The van der Waals surface area contributed by atoms with Crippen LogP contribution in [0, 0.1) is 0 Å². The number of nitrogens with two attached hydrogens (primary N) is 1. The van der Waals surface area contributed by atoms with Crippen molar-refractivity contribution in [1.82, 2.24) is 0 Å². The molecule has 82 valence electrons. The van der Waals surface area contributed by atoms with Crippen LogP contribution in [-0.2, 0) is 11.3 Å². The number of fused-ring (bicyclic) bond motifs is 3. The van der Waals surface area contributed by atoms with E-state index in [9.17, 15) is 0 Å². The van der Waals surface area contributed by atoms with Crippen LogP contribution in [-0.4, -0.2) is 6.10 Å². The summed E-state index contributed by atoms with van der Waals surface area (Å²) in [5.74, 6) is 0. The van der Waals surface area contributed by atoms with Gasteiger partial charge in [0, 0.05) is 0 Å². The number of hydrogen-bond acceptors (Lipinski definition) is 2. The molecule has 2 aromatic carbocycles. The molecule has 3 rings (SSSR count). The Morgan fingerprint density at radius 3 is 2.88 bits per heavy atom. The Morgan fingerprint density at radius 2 is 2.00 bits per heavy atom. The predicted octanol–water partition coefficient (Wildman–Crippen LogP) is 2.76. The summed E-state index contributed by atoms with van der Waals surface area (Å²) in [6.07, 6.45) is 0.0957. The van der Waals surface area contributed by atoms with Crippen molar-refractivity contribution in [3.8, 4) is 0 Å². The Bertz CT molecular complexity index is 535. The van der Waals surface area contributed by atoms with Crippen LogP contribution in [0.25, 0.3) is 10.8 Å². The molecule has 1 aliphatic heterocycles. The highest BCUT2D eigenvalue weighted by atomic mass is 16.5. The number of ether oxygens (including phenoxy) is 1. The SMILES string of the molecule is C[C@@H]1OCc2ccc3ccccc3c2[C@@H]1N. The Hall–Kier alpha value is -1.38. The molecule has 0 bridgehead atoms. The minimum atomic E-state index is -0.0187. The fourth-order valence-electron chi connectivity index (χ4n) is 2.42. The molecule has 1 heterocycles. The van der Waals surface area contributed by atoms with E-state index in [2.05, 4.69) is 36.4 Å². The molecule has 0 amide bonds. The first-order valence-corrected chi connectivity index (χ1v) is 5.65. The average Bonchev–Trinajstić information content (AvgIpc) is 2.33. The molecule has 2 aromatic rings. The van der Waals surface area contributed by atoms with Gasteiger partial charge in [-0.2, -0.15) is 0 Å². The van der Waals surface area contributed by atoms with Gasteiger partial charge in [-0.05, 0) is 28.8 Å². The Labute approximate surface area is 95.0 Å². The smallest absolute Gasteiger partial charge is 0.0744 e. The standard InChI is InChI=1S/C14H15NO/c1-9-14(15)13-11(8-16-9)7-6-10-4-2-3-5-12(10)13/h2-7,9,14H,8,15H2,1H3/t9-,14+/m0/s1. The van der Waals surface area contributed by atoms with E-state index in [1.807, 2.05) is 6.92 Å². The molecule has 2 nitrogen and oxygen atoms in total. The highest BCUT2D eigenvalue weighted by Crippen LogP contribution is 2.33. The van der Waals surface area contributed by atoms with Gasteiger partial charge < -0.3 is 10.5 Å². The summed E-state index contributed by atoms with van der Waals surface area (Å²) in [5.41, 5.74) is 8.72. The normalized spacial score (nSPS) is 24.4. The molecule has 0 saturated heterocycles. The van der Waals surface area contributed by atoms with Crippen LogP contribution in [0.1, 0.15) is 24.1 Å². The zero-order chi connectivity index (χ0) is 11.1. The lowest BCUT2D eigenvalue weighted by Crippen LogP contribution is -2.31. The molecule has 0 spiro atoms. The second-order valence-corrected chi connectivity index (χ2v) is 4.40. The van der Waals surface area contributed by atoms with Gasteiger partial charge in [0.05, 0.1) is 18.8 Å². The predicted molar refractivity (Wildman–Crippen MR) is 65.1 cm³/mol. The van der Waals surface area contributed by atoms with Crippen molar-refractivity contribution in [3.05, 3.63) is 47.5 Å². The van der Waals surface area contributed by atoms with E-state index in [-0.39, 0.29) is 12.1 Å². The van der Waals surface area contributed by atoms with E-state index in [0.29, 0.717) is 6.61 Å². The number of benzene rings is 2. The lowest BCUT2D eigenvalue weighted by molar-refractivity contribution is 0.0220. The first-order valence-electron chi connectivity index (χ1n) is 5.65. The number of rotatable bonds is 0. The first-order chi connectivity index (χ1) is 7.77. The van der Waals surface area contributed by atoms with Crippen LogP contribution in [0.5, 0.6) is 0 Å². The lowest BCUT2D eigenvalue weighted by atomic mass is 9.90. The first kappa shape index (κ1) is 9.82. The lowest BCUT2D eigenvalue weighted by Gasteiger charge is -2.30. The fraction of sp³-hybridized carbons (Fsp3) is 0.286. The van der Waals surface area contributed by atoms with Gasteiger partial charge in [-0.25, -0.2) is 0 Å². The fourth-order valence-corrected chi connectivity index (χ4v) is 2.42. The van der Waals surface area contributed by atoms with Gasteiger partial charge in [-0.15, -0.1) is 0 Å². The van der Waals surface area contributed by atoms with Crippen molar-refractivity contribution in [2.24, 2.45) is 5.73 Å². The van der Waals surface area contributed by atoms with Gasteiger partial charge in [0.25, 0.3) is 0 Å². The monoisotopic (exact) mass is 213 g/mol. The van der Waals surface area contributed by atoms with E-state index in [4.69, 9.17) is 10.5 Å². The molecule has 0 fully saturated rings. The maximum atomic E-state index is 6.23. The Morgan fingerprint density at radius 1 is 1.19 bits per heavy atom. The summed E-state index contributed by atoms with van der Waals surface area (Å²) in [7, 11) is 0. The van der Waals surface area contributed by atoms with E-state index in [1.165, 1.54) is 21.9 Å². The van der Waals surface area contributed by atoms with Crippen LogP contribution in [0.3, 0.4) is 0 Å². The van der Waals surface area contributed by atoms with Crippen LogP contribution in [0.4, 0.5) is 0 Å². The van der Waals surface area contributed by atoms with Gasteiger partial charge in [0.15, 0.2) is 0 Å². The van der Waals surface area contributed by atoms with Crippen LogP contribution in [0.15, 0.2) is 36.4 Å². The van der Waals surface area contributed by atoms with Gasteiger partial charge in [0.2, 0.25) is 0 Å². The third-order valence-corrected chi connectivity index (χ3v) is 3.40. The van der Waals surface area contributed by atoms with E-state index in [0.717, 1.165) is 0 Å². The second kappa shape index (κ2) is 3.58. The Balaban J connectivity index is 2.32. The minimum absolute atomic E-state index is 0.0187. The van der Waals surface area contributed by atoms with Crippen molar-refractivity contribution in [2.45, 2.75) is 25.7 Å². The molecular formula is C14H15NO. The molecule has 0 radical (unpaired) electrons. The molecule has 0 aliphatic carbocycles. The van der Waals surface area contributed by atoms with E-state index in [1.54, 1.807) is 0 Å². The third kappa shape index (κ3) is 1.34. The molecular weight excluding hydrogens is 198 g/mol. The zero-order valence-corrected chi connectivity index (χ0v) is 9.31.